The van der Waals surface area contributed by atoms with Gasteiger partial charge in [-0.15, -0.1) is 11.3 Å². The highest BCUT2D eigenvalue weighted by molar-refractivity contribution is 7.16. The van der Waals surface area contributed by atoms with Crippen LogP contribution in [0.4, 0.5) is 5.82 Å². The van der Waals surface area contributed by atoms with Crippen molar-refractivity contribution in [3.8, 4) is 11.1 Å². The van der Waals surface area contributed by atoms with E-state index in [1.165, 1.54) is 15.8 Å². The van der Waals surface area contributed by atoms with E-state index in [-0.39, 0.29) is 0 Å². The molecule has 0 atom stereocenters. The van der Waals surface area contributed by atoms with Crippen LogP contribution < -0.4 is 5.32 Å². The third-order valence-corrected chi connectivity index (χ3v) is 4.83. The lowest BCUT2D eigenvalue weighted by molar-refractivity contribution is 0.425. The molecule has 6 heteroatoms. The molecular formula is C18H19N5S. The van der Waals surface area contributed by atoms with E-state index in [4.69, 9.17) is 0 Å². The van der Waals surface area contributed by atoms with Crippen LogP contribution in [0.5, 0.6) is 0 Å². The number of anilines is 1. The summed E-state index contributed by atoms with van der Waals surface area (Å²) < 4.78 is 1.20. The Hall–Kier alpha value is -2.44. The summed E-state index contributed by atoms with van der Waals surface area (Å²) >= 11 is 1.67. The van der Waals surface area contributed by atoms with Gasteiger partial charge in [0.15, 0.2) is 0 Å². The summed E-state index contributed by atoms with van der Waals surface area (Å²) in [5.74, 6) is 0.895. The number of fused-ring (bicyclic) bond motifs is 2. The zero-order chi connectivity index (χ0) is 16.5. The molecule has 0 aliphatic rings. The molecule has 0 amide bonds. The summed E-state index contributed by atoms with van der Waals surface area (Å²) in [6.07, 6.45) is 1.94. The minimum atomic E-state index is 0.861. The normalized spacial score (nSPS) is 11.6. The number of aromatic nitrogens is 3. The Kier molecular flexibility index (Phi) is 3.92. The SMILES string of the molecule is CN(C)CCNc1cc(-c2ccc3ncsc3c2)c2cc[nH]c2n1. The first-order valence-corrected chi connectivity index (χ1v) is 8.79. The number of H-pyrrole nitrogens is 1. The third-order valence-electron chi connectivity index (χ3n) is 4.04. The first-order valence-electron chi connectivity index (χ1n) is 7.91. The number of likely N-dealkylation sites (N-methyl/N-ethyl adjacent to an activating group) is 1. The van der Waals surface area contributed by atoms with E-state index < -0.39 is 0 Å². The van der Waals surface area contributed by atoms with Crippen molar-refractivity contribution in [2.24, 2.45) is 0 Å². The largest absolute Gasteiger partial charge is 0.369 e. The lowest BCUT2D eigenvalue weighted by Gasteiger charge is -2.12. The monoisotopic (exact) mass is 337 g/mol. The molecule has 0 fully saturated rings. The second-order valence-corrected chi connectivity index (χ2v) is 6.95. The van der Waals surface area contributed by atoms with Crippen molar-refractivity contribution in [3.05, 3.63) is 42.0 Å². The second kappa shape index (κ2) is 6.22. The fourth-order valence-corrected chi connectivity index (χ4v) is 3.51. The summed E-state index contributed by atoms with van der Waals surface area (Å²) in [5.41, 5.74) is 6.22. The number of benzene rings is 1. The molecule has 0 saturated carbocycles. The molecule has 0 saturated heterocycles. The van der Waals surface area contributed by atoms with Gasteiger partial charge in [0.05, 0.1) is 15.7 Å². The lowest BCUT2D eigenvalue weighted by atomic mass is 10.0. The molecule has 2 N–H and O–H groups in total. The van der Waals surface area contributed by atoms with Crippen molar-refractivity contribution in [1.82, 2.24) is 19.9 Å². The number of rotatable bonds is 5. The highest BCUT2D eigenvalue weighted by atomic mass is 32.1. The Labute approximate surface area is 144 Å². The van der Waals surface area contributed by atoms with Gasteiger partial charge in [-0.1, -0.05) is 6.07 Å². The zero-order valence-electron chi connectivity index (χ0n) is 13.7. The summed E-state index contributed by atoms with van der Waals surface area (Å²) in [4.78, 5) is 14.4. The summed E-state index contributed by atoms with van der Waals surface area (Å²) in [6.45, 7) is 1.83. The van der Waals surface area contributed by atoms with Crippen LogP contribution in [0.1, 0.15) is 0 Å². The van der Waals surface area contributed by atoms with Crippen molar-refractivity contribution in [1.29, 1.82) is 0 Å². The molecule has 3 aromatic heterocycles. The van der Waals surface area contributed by atoms with Gasteiger partial charge in [0.25, 0.3) is 0 Å². The van der Waals surface area contributed by atoms with Gasteiger partial charge >= 0.3 is 0 Å². The topological polar surface area (TPSA) is 56.8 Å². The fourth-order valence-electron chi connectivity index (χ4n) is 2.80. The van der Waals surface area contributed by atoms with E-state index in [1.807, 2.05) is 11.7 Å². The Morgan fingerprint density at radius 1 is 1.21 bits per heavy atom. The molecule has 4 aromatic rings. The average Bonchev–Trinajstić information content (AvgIpc) is 3.21. The summed E-state index contributed by atoms with van der Waals surface area (Å²) in [5, 5.41) is 4.55. The van der Waals surface area contributed by atoms with Gasteiger partial charge in [-0.05, 0) is 49.5 Å². The van der Waals surface area contributed by atoms with Crippen LogP contribution >= 0.6 is 11.3 Å². The standard InChI is InChI=1S/C18H19N5S/c1-23(2)8-7-19-17-10-14(13-5-6-20-18(13)22-17)12-3-4-15-16(9-12)24-11-21-15/h3-6,9-11H,7-8H2,1-2H3,(H2,19,20,22). The average molecular weight is 337 g/mol. The van der Waals surface area contributed by atoms with E-state index in [2.05, 4.69) is 69.6 Å². The fraction of sp³-hybridized carbons (Fsp3) is 0.222. The highest BCUT2D eigenvalue weighted by Crippen LogP contribution is 2.32. The first-order chi connectivity index (χ1) is 11.7. The number of aromatic amines is 1. The van der Waals surface area contributed by atoms with E-state index in [0.717, 1.165) is 35.5 Å². The number of hydrogen-bond acceptors (Lipinski definition) is 5. The van der Waals surface area contributed by atoms with Crippen molar-refractivity contribution >= 4 is 38.4 Å². The molecule has 0 unspecified atom stereocenters. The van der Waals surface area contributed by atoms with E-state index in [1.54, 1.807) is 11.3 Å². The third kappa shape index (κ3) is 2.86. The van der Waals surface area contributed by atoms with Gasteiger partial charge in [0, 0.05) is 24.7 Å². The number of pyridine rings is 1. The molecule has 0 radical (unpaired) electrons. The van der Waals surface area contributed by atoms with Crippen LogP contribution in [0.3, 0.4) is 0 Å². The van der Waals surface area contributed by atoms with Crippen molar-refractivity contribution < 1.29 is 0 Å². The van der Waals surface area contributed by atoms with Gasteiger partial charge in [0.2, 0.25) is 0 Å². The first kappa shape index (κ1) is 15.1. The Morgan fingerprint density at radius 3 is 3.00 bits per heavy atom. The van der Waals surface area contributed by atoms with Crippen LogP contribution in [-0.2, 0) is 0 Å². The highest BCUT2D eigenvalue weighted by Gasteiger charge is 2.10. The van der Waals surface area contributed by atoms with Crippen molar-refractivity contribution in [3.63, 3.8) is 0 Å². The van der Waals surface area contributed by atoms with Crippen LogP contribution in [0.2, 0.25) is 0 Å². The van der Waals surface area contributed by atoms with Crippen LogP contribution in [0.15, 0.2) is 42.0 Å². The molecule has 24 heavy (non-hydrogen) atoms. The number of nitrogens with one attached hydrogen (secondary N) is 2. The van der Waals surface area contributed by atoms with Gasteiger partial charge in [-0.3, -0.25) is 0 Å². The molecule has 4 rings (SSSR count). The maximum atomic E-state index is 4.68. The summed E-state index contributed by atoms with van der Waals surface area (Å²) in [6, 6.07) is 10.6. The summed E-state index contributed by atoms with van der Waals surface area (Å²) in [7, 11) is 4.14. The van der Waals surface area contributed by atoms with Crippen LogP contribution in [-0.4, -0.2) is 47.0 Å². The van der Waals surface area contributed by atoms with Crippen LogP contribution in [0, 0.1) is 0 Å². The van der Waals surface area contributed by atoms with Gasteiger partial charge < -0.3 is 15.2 Å². The van der Waals surface area contributed by atoms with E-state index >= 15 is 0 Å². The Bertz CT molecular complexity index is 985. The van der Waals surface area contributed by atoms with Crippen molar-refractivity contribution in [2.75, 3.05) is 32.5 Å². The van der Waals surface area contributed by atoms with Crippen LogP contribution in [0.25, 0.3) is 32.4 Å². The Morgan fingerprint density at radius 2 is 2.12 bits per heavy atom. The predicted octanol–water partition coefficient (Wildman–Crippen LogP) is 3.81. The molecule has 0 aliphatic carbocycles. The molecule has 0 bridgehead atoms. The minimum absolute atomic E-state index is 0.861. The van der Waals surface area contributed by atoms with Gasteiger partial charge in [-0.25, -0.2) is 9.97 Å². The maximum Gasteiger partial charge on any atom is 0.140 e. The van der Waals surface area contributed by atoms with Gasteiger partial charge in [0.1, 0.15) is 11.5 Å². The quantitative estimate of drug-likeness (QED) is 0.581. The molecule has 5 nitrogen and oxygen atoms in total. The second-order valence-electron chi connectivity index (χ2n) is 6.06. The molecule has 3 heterocycles. The number of hydrogen-bond donors (Lipinski definition) is 2. The lowest BCUT2D eigenvalue weighted by Crippen LogP contribution is -2.21. The van der Waals surface area contributed by atoms with Gasteiger partial charge in [-0.2, -0.15) is 0 Å². The van der Waals surface area contributed by atoms with Crippen molar-refractivity contribution in [2.45, 2.75) is 0 Å². The zero-order valence-corrected chi connectivity index (χ0v) is 14.5. The minimum Gasteiger partial charge on any atom is -0.369 e. The molecule has 0 aliphatic heterocycles. The predicted molar refractivity (Wildman–Crippen MR) is 102 cm³/mol. The van der Waals surface area contributed by atoms with E-state index in [0.29, 0.717) is 0 Å². The maximum absolute atomic E-state index is 4.68. The molecule has 122 valence electrons. The molecular weight excluding hydrogens is 318 g/mol. The number of nitrogens with zero attached hydrogens (tertiary/aromatic N) is 3. The molecule has 0 spiro atoms. The molecule has 1 aromatic carbocycles. The smallest absolute Gasteiger partial charge is 0.140 e. The van der Waals surface area contributed by atoms with E-state index in [9.17, 15) is 0 Å². The Balaban J connectivity index is 1.76. The number of thiazole rings is 1.